The third-order valence-corrected chi connectivity index (χ3v) is 4.03. The van der Waals surface area contributed by atoms with E-state index in [4.69, 9.17) is 4.74 Å². The summed E-state index contributed by atoms with van der Waals surface area (Å²) in [7, 11) is 0. The van der Waals surface area contributed by atoms with E-state index in [1.165, 1.54) is 16.9 Å². The van der Waals surface area contributed by atoms with E-state index in [-0.39, 0.29) is 6.61 Å². The van der Waals surface area contributed by atoms with Gasteiger partial charge in [-0.15, -0.1) is 11.3 Å². The molecule has 0 aliphatic carbocycles. The van der Waals surface area contributed by atoms with Crippen LogP contribution in [0.25, 0.3) is 0 Å². The zero-order valence-electron chi connectivity index (χ0n) is 11.3. The van der Waals surface area contributed by atoms with Gasteiger partial charge in [0.2, 0.25) is 0 Å². The SMILES string of the molecule is CCc1cccc(OCc2nc(CC)c(CO)s2)c1. The average molecular weight is 277 g/mol. The summed E-state index contributed by atoms with van der Waals surface area (Å²) in [5.41, 5.74) is 2.25. The first-order valence-corrected chi connectivity index (χ1v) is 7.38. The highest BCUT2D eigenvalue weighted by Crippen LogP contribution is 2.21. The van der Waals surface area contributed by atoms with Crippen molar-refractivity contribution in [1.82, 2.24) is 4.98 Å². The third kappa shape index (κ3) is 3.55. The fourth-order valence-corrected chi connectivity index (χ4v) is 2.83. The number of aliphatic hydroxyl groups is 1. The maximum Gasteiger partial charge on any atom is 0.140 e. The van der Waals surface area contributed by atoms with Crippen molar-refractivity contribution in [2.45, 2.75) is 39.9 Å². The van der Waals surface area contributed by atoms with Gasteiger partial charge < -0.3 is 9.84 Å². The monoisotopic (exact) mass is 277 g/mol. The second kappa shape index (κ2) is 6.68. The Bertz CT molecular complexity index is 515. The fraction of sp³-hybridized carbons (Fsp3) is 0.400. The predicted octanol–water partition coefficient (Wildman–Crippen LogP) is 3.34. The van der Waals surface area contributed by atoms with Crippen LogP contribution < -0.4 is 4.74 Å². The molecule has 1 aromatic carbocycles. The summed E-state index contributed by atoms with van der Waals surface area (Å²) < 4.78 is 5.76. The second-order valence-electron chi connectivity index (χ2n) is 4.28. The quantitative estimate of drug-likeness (QED) is 0.880. The minimum absolute atomic E-state index is 0.0617. The minimum atomic E-state index is 0.0617. The van der Waals surface area contributed by atoms with Crippen molar-refractivity contribution in [1.29, 1.82) is 0 Å². The van der Waals surface area contributed by atoms with E-state index in [0.29, 0.717) is 6.61 Å². The smallest absolute Gasteiger partial charge is 0.140 e. The van der Waals surface area contributed by atoms with E-state index >= 15 is 0 Å². The van der Waals surface area contributed by atoms with E-state index < -0.39 is 0 Å². The molecule has 1 heterocycles. The predicted molar refractivity (Wildman–Crippen MR) is 77.6 cm³/mol. The number of thiazole rings is 1. The number of ether oxygens (including phenoxy) is 1. The average Bonchev–Trinajstić information content (AvgIpc) is 2.87. The number of benzene rings is 1. The molecule has 0 bridgehead atoms. The molecule has 0 saturated heterocycles. The zero-order chi connectivity index (χ0) is 13.7. The van der Waals surface area contributed by atoms with Crippen molar-refractivity contribution in [3.8, 4) is 5.75 Å². The Morgan fingerprint density at radius 1 is 1.26 bits per heavy atom. The number of aryl methyl sites for hydroxylation is 2. The first kappa shape index (κ1) is 14.0. The van der Waals surface area contributed by atoms with Crippen LogP contribution >= 0.6 is 11.3 Å². The molecular weight excluding hydrogens is 258 g/mol. The van der Waals surface area contributed by atoms with E-state index in [1.54, 1.807) is 0 Å². The lowest BCUT2D eigenvalue weighted by atomic mass is 10.2. The topological polar surface area (TPSA) is 42.4 Å². The van der Waals surface area contributed by atoms with Crippen molar-refractivity contribution >= 4 is 11.3 Å². The molecule has 0 aliphatic heterocycles. The van der Waals surface area contributed by atoms with Crippen molar-refractivity contribution < 1.29 is 9.84 Å². The molecule has 1 N–H and O–H groups in total. The van der Waals surface area contributed by atoms with Gasteiger partial charge in [0.25, 0.3) is 0 Å². The van der Waals surface area contributed by atoms with Gasteiger partial charge in [-0.3, -0.25) is 0 Å². The molecule has 2 rings (SSSR count). The lowest BCUT2D eigenvalue weighted by molar-refractivity contribution is 0.284. The number of nitrogens with zero attached hydrogens (tertiary/aromatic N) is 1. The summed E-state index contributed by atoms with van der Waals surface area (Å²) in [6.45, 7) is 4.70. The zero-order valence-corrected chi connectivity index (χ0v) is 12.2. The largest absolute Gasteiger partial charge is 0.486 e. The Morgan fingerprint density at radius 2 is 2.11 bits per heavy atom. The summed E-state index contributed by atoms with van der Waals surface area (Å²) in [6.07, 6.45) is 1.85. The highest BCUT2D eigenvalue weighted by Gasteiger charge is 2.09. The molecule has 1 aromatic heterocycles. The maximum atomic E-state index is 9.25. The van der Waals surface area contributed by atoms with Crippen molar-refractivity contribution in [3.05, 3.63) is 45.4 Å². The molecule has 0 spiro atoms. The first-order chi connectivity index (χ1) is 9.26. The van der Waals surface area contributed by atoms with Gasteiger partial charge in [0.15, 0.2) is 0 Å². The molecule has 0 amide bonds. The van der Waals surface area contributed by atoms with Gasteiger partial charge in [0.05, 0.1) is 17.2 Å². The summed E-state index contributed by atoms with van der Waals surface area (Å²) in [5, 5.41) is 10.2. The van der Waals surface area contributed by atoms with Crippen molar-refractivity contribution in [2.24, 2.45) is 0 Å². The summed E-state index contributed by atoms with van der Waals surface area (Å²) >= 11 is 1.53. The molecule has 0 atom stereocenters. The van der Waals surface area contributed by atoms with Crippen LogP contribution in [0.2, 0.25) is 0 Å². The van der Waals surface area contributed by atoms with Gasteiger partial charge in [-0.1, -0.05) is 26.0 Å². The Labute approximate surface area is 117 Å². The molecule has 0 fully saturated rings. The van der Waals surface area contributed by atoms with Crippen LogP contribution in [-0.2, 0) is 26.1 Å². The van der Waals surface area contributed by atoms with Crippen LogP contribution in [0.15, 0.2) is 24.3 Å². The summed E-state index contributed by atoms with van der Waals surface area (Å²) in [4.78, 5) is 5.44. The van der Waals surface area contributed by atoms with Crippen LogP contribution in [0.1, 0.15) is 35.0 Å². The number of aliphatic hydroxyl groups excluding tert-OH is 1. The Hall–Kier alpha value is -1.39. The molecule has 0 unspecified atom stereocenters. The van der Waals surface area contributed by atoms with Gasteiger partial charge >= 0.3 is 0 Å². The Morgan fingerprint density at radius 3 is 2.74 bits per heavy atom. The maximum absolute atomic E-state index is 9.25. The lowest BCUT2D eigenvalue weighted by Crippen LogP contribution is -1.96. The summed E-state index contributed by atoms with van der Waals surface area (Å²) in [5.74, 6) is 0.873. The van der Waals surface area contributed by atoms with Crippen LogP contribution in [0, 0.1) is 0 Å². The highest BCUT2D eigenvalue weighted by atomic mass is 32.1. The molecule has 19 heavy (non-hydrogen) atoms. The van der Waals surface area contributed by atoms with Crippen molar-refractivity contribution in [2.75, 3.05) is 0 Å². The van der Waals surface area contributed by atoms with Gasteiger partial charge in [-0.2, -0.15) is 0 Å². The minimum Gasteiger partial charge on any atom is -0.486 e. The number of aromatic nitrogens is 1. The molecule has 102 valence electrons. The van der Waals surface area contributed by atoms with Gasteiger partial charge in [-0.05, 0) is 30.5 Å². The van der Waals surface area contributed by atoms with Crippen LogP contribution in [0.5, 0.6) is 5.75 Å². The molecular formula is C15H19NO2S. The first-order valence-electron chi connectivity index (χ1n) is 6.56. The van der Waals surface area contributed by atoms with E-state index in [2.05, 4.69) is 24.0 Å². The number of rotatable bonds is 6. The van der Waals surface area contributed by atoms with E-state index in [1.807, 2.05) is 19.1 Å². The van der Waals surface area contributed by atoms with Gasteiger partial charge in [0.1, 0.15) is 17.4 Å². The molecule has 0 saturated carbocycles. The molecule has 0 radical (unpaired) electrons. The van der Waals surface area contributed by atoms with Crippen LogP contribution in [-0.4, -0.2) is 10.1 Å². The molecule has 2 aromatic rings. The normalized spacial score (nSPS) is 10.7. The second-order valence-corrected chi connectivity index (χ2v) is 5.45. The van der Waals surface area contributed by atoms with E-state index in [9.17, 15) is 5.11 Å². The third-order valence-electron chi connectivity index (χ3n) is 2.97. The molecule has 0 aliphatic rings. The van der Waals surface area contributed by atoms with Crippen LogP contribution in [0.3, 0.4) is 0 Å². The lowest BCUT2D eigenvalue weighted by Gasteiger charge is -2.05. The Balaban J connectivity index is 2.03. The van der Waals surface area contributed by atoms with Crippen molar-refractivity contribution in [3.63, 3.8) is 0 Å². The van der Waals surface area contributed by atoms with Gasteiger partial charge in [-0.25, -0.2) is 4.98 Å². The van der Waals surface area contributed by atoms with Gasteiger partial charge in [0, 0.05) is 0 Å². The number of hydrogen-bond acceptors (Lipinski definition) is 4. The fourth-order valence-electron chi connectivity index (χ4n) is 1.90. The molecule has 4 heteroatoms. The van der Waals surface area contributed by atoms with Crippen LogP contribution in [0.4, 0.5) is 0 Å². The van der Waals surface area contributed by atoms with E-state index in [0.717, 1.165) is 34.2 Å². The summed E-state index contributed by atoms with van der Waals surface area (Å²) in [6, 6.07) is 8.11. The standard InChI is InChI=1S/C15H19NO2S/c1-3-11-6-5-7-12(8-11)18-10-15-16-13(4-2)14(9-17)19-15/h5-8,17H,3-4,9-10H2,1-2H3. The molecule has 3 nitrogen and oxygen atoms in total. The number of hydrogen-bond donors (Lipinski definition) is 1. The highest BCUT2D eigenvalue weighted by molar-refractivity contribution is 7.11. The Kier molecular flexibility index (Phi) is 4.93.